The maximum absolute atomic E-state index is 13.8. The third-order valence-electron chi connectivity index (χ3n) is 7.51. The second-order valence-electron chi connectivity index (χ2n) is 10.7. The molecule has 244 valence electrons. The van der Waals surface area contributed by atoms with Crippen molar-refractivity contribution < 1.29 is 54.2 Å². The maximum atomic E-state index is 13.8. The highest BCUT2D eigenvalue weighted by Gasteiger charge is 2.75. The number of ether oxygens (including phenoxy) is 2. The minimum atomic E-state index is -6.51. The van der Waals surface area contributed by atoms with Gasteiger partial charge in [-0.05, 0) is 19.3 Å². The van der Waals surface area contributed by atoms with Gasteiger partial charge < -0.3 is 9.47 Å². The Labute approximate surface area is 239 Å². The van der Waals surface area contributed by atoms with Gasteiger partial charge in [-0.15, -0.1) is 0 Å². The van der Waals surface area contributed by atoms with Crippen molar-refractivity contribution in [1.29, 1.82) is 0 Å². The molecule has 0 aliphatic rings. The van der Waals surface area contributed by atoms with Crippen LogP contribution in [-0.2, 0) is 19.1 Å². The van der Waals surface area contributed by atoms with Gasteiger partial charge in [-0.2, -0.15) is 26.3 Å². The number of unbranched alkanes of at least 4 members (excludes halogenated alkanes) is 14. The quantitative estimate of drug-likeness (QED) is 0.0446. The minimum absolute atomic E-state index is 0.0685. The van der Waals surface area contributed by atoms with Gasteiger partial charge in [-0.3, -0.25) is 9.59 Å². The molecular weight excluding hydrogens is 564 g/mol. The van der Waals surface area contributed by atoms with Gasteiger partial charge in [0.15, 0.2) is 12.0 Å². The van der Waals surface area contributed by atoms with Crippen molar-refractivity contribution in [2.75, 3.05) is 13.2 Å². The van der Waals surface area contributed by atoms with Crippen LogP contribution in [0.15, 0.2) is 0 Å². The Bertz CT molecular complexity index is 728. The lowest BCUT2D eigenvalue weighted by atomic mass is 9.82. The summed E-state index contributed by atoms with van der Waals surface area (Å²) < 4.78 is 114. The fraction of sp³-hybridized carbons (Fsp3) is 0.931. The molecule has 0 fully saturated rings. The fourth-order valence-electron chi connectivity index (χ4n) is 4.45. The molecule has 0 aromatic rings. The average molecular weight is 613 g/mol. The molecule has 0 spiro atoms. The molecule has 0 aromatic carbocycles. The van der Waals surface area contributed by atoms with Gasteiger partial charge in [0.05, 0.1) is 6.61 Å². The van der Waals surface area contributed by atoms with E-state index in [0.29, 0.717) is 6.42 Å². The van der Waals surface area contributed by atoms with E-state index in [1.165, 1.54) is 71.6 Å². The Kier molecular flexibility index (Phi) is 18.8. The molecule has 0 radical (unpaired) electrons. The van der Waals surface area contributed by atoms with E-state index in [4.69, 9.17) is 4.74 Å². The molecule has 0 saturated heterocycles. The summed E-state index contributed by atoms with van der Waals surface area (Å²) in [5.41, 5.74) is -2.13. The molecule has 12 heteroatoms. The summed E-state index contributed by atoms with van der Waals surface area (Å²) in [6.07, 6.45) is 11.3. The average Bonchev–Trinajstić information content (AvgIpc) is 2.92. The molecule has 0 saturated carbocycles. The fourth-order valence-corrected chi connectivity index (χ4v) is 4.45. The lowest BCUT2D eigenvalue weighted by Gasteiger charge is -2.33. The van der Waals surface area contributed by atoms with E-state index in [9.17, 15) is 44.7 Å². The van der Waals surface area contributed by atoms with Gasteiger partial charge >= 0.3 is 36.1 Å². The van der Waals surface area contributed by atoms with Gasteiger partial charge in [-0.1, -0.05) is 111 Å². The number of carbonyl (C=O) groups is 2. The first-order chi connectivity index (χ1) is 19.2. The van der Waals surface area contributed by atoms with Gasteiger partial charge in [0.25, 0.3) is 0 Å². The van der Waals surface area contributed by atoms with E-state index in [1.54, 1.807) is 0 Å². The third kappa shape index (κ3) is 12.3. The Morgan fingerprint density at radius 3 is 1.32 bits per heavy atom. The topological polar surface area (TPSA) is 52.6 Å². The first-order valence-electron chi connectivity index (χ1n) is 14.9. The van der Waals surface area contributed by atoms with Crippen LogP contribution in [0.4, 0.5) is 35.1 Å². The zero-order valence-electron chi connectivity index (χ0n) is 24.7. The Morgan fingerprint density at radius 2 is 0.951 bits per heavy atom. The molecule has 0 heterocycles. The van der Waals surface area contributed by atoms with Crippen molar-refractivity contribution in [3.8, 4) is 0 Å². The third-order valence-corrected chi connectivity index (χ3v) is 7.51. The molecule has 0 atom stereocenters. The van der Waals surface area contributed by atoms with Gasteiger partial charge in [-0.25, -0.2) is 8.78 Å². The number of hydrogen-bond donors (Lipinski definition) is 0. The van der Waals surface area contributed by atoms with Crippen LogP contribution in [0.2, 0.25) is 0 Å². The second-order valence-corrected chi connectivity index (χ2v) is 10.7. The Hall–Kier alpha value is -1.62. The van der Waals surface area contributed by atoms with Crippen molar-refractivity contribution in [2.45, 2.75) is 154 Å². The molecule has 0 aromatic heterocycles. The van der Waals surface area contributed by atoms with Crippen LogP contribution in [0, 0.1) is 5.41 Å². The smallest absolute Gasteiger partial charge is 0.381 e. The largest absolute Gasteiger partial charge is 0.465 e. The number of alkyl halides is 8. The van der Waals surface area contributed by atoms with Crippen LogP contribution in [0.3, 0.4) is 0 Å². The molecule has 0 aliphatic heterocycles. The van der Waals surface area contributed by atoms with E-state index < -0.39 is 48.2 Å². The molecule has 0 N–H and O–H groups in total. The SMILES string of the molecule is CCCCCCCCCCCCCCCCCOC(=O)C(CC)(CC)C(=O)OCC(F)(F)C(F)(F)C(F)(F)C(F)F. The lowest BCUT2D eigenvalue weighted by molar-refractivity contribution is -0.344. The highest BCUT2D eigenvalue weighted by molar-refractivity contribution is 6.00. The standard InChI is InChI=1S/C29H48F8O4/c1-4-7-8-9-10-11-12-13-14-15-16-17-18-19-20-21-40-24(38)26(5-2,6-3)25(39)41-22-27(32,33)29(36,37)28(34,35)23(30)31/h23H,4-22H2,1-3H3. The normalized spacial score (nSPS) is 13.1. The van der Waals surface area contributed by atoms with Crippen molar-refractivity contribution in [3.63, 3.8) is 0 Å². The number of carbonyl (C=O) groups excluding carboxylic acids is 2. The highest BCUT2D eigenvalue weighted by Crippen LogP contribution is 2.48. The molecule has 0 bridgehead atoms. The monoisotopic (exact) mass is 612 g/mol. The van der Waals surface area contributed by atoms with Gasteiger partial charge in [0, 0.05) is 0 Å². The molecule has 0 aliphatic carbocycles. The minimum Gasteiger partial charge on any atom is -0.465 e. The molecule has 41 heavy (non-hydrogen) atoms. The van der Waals surface area contributed by atoms with E-state index in [2.05, 4.69) is 11.7 Å². The van der Waals surface area contributed by atoms with Crippen molar-refractivity contribution >= 4 is 11.9 Å². The van der Waals surface area contributed by atoms with Crippen LogP contribution in [0.1, 0.15) is 130 Å². The molecular formula is C29H48F8O4. The molecule has 0 rings (SSSR count). The second kappa shape index (κ2) is 19.5. The van der Waals surface area contributed by atoms with Crippen LogP contribution >= 0.6 is 0 Å². The zero-order valence-corrected chi connectivity index (χ0v) is 24.7. The predicted molar refractivity (Wildman–Crippen MR) is 141 cm³/mol. The van der Waals surface area contributed by atoms with Crippen molar-refractivity contribution in [2.24, 2.45) is 5.41 Å². The van der Waals surface area contributed by atoms with E-state index in [-0.39, 0.29) is 19.4 Å². The summed E-state index contributed by atoms with van der Waals surface area (Å²) in [6.45, 7) is 2.18. The summed E-state index contributed by atoms with van der Waals surface area (Å²) in [4.78, 5) is 25.1. The Morgan fingerprint density at radius 1 is 0.585 bits per heavy atom. The van der Waals surface area contributed by atoms with Crippen LogP contribution in [0.5, 0.6) is 0 Å². The van der Waals surface area contributed by atoms with Gasteiger partial charge in [0.2, 0.25) is 0 Å². The van der Waals surface area contributed by atoms with E-state index in [0.717, 1.165) is 32.1 Å². The van der Waals surface area contributed by atoms with Crippen LogP contribution < -0.4 is 0 Å². The summed E-state index contributed by atoms with van der Waals surface area (Å²) in [7, 11) is 0. The number of halogens is 8. The summed E-state index contributed by atoms with van der Waals surface area (Å²) in [5.74, 6) is -21.5. The van der Waals surface area contributed by atoms with Crippen molar-refractivity contribution in [1.82, 2.24) is 0 Å². The van der Waals surface area contributed by atoms with Crippen LogP contribution in [-0.4, -0.2) is 49.3 Å². The summed E-state index contributed by atoms with van der Waals surface area (Å²) >= 11 is 0. The summed E-state index contributed by atoms with van der Waals surface area (Å²) in [5, 5.41) is 0. The first kappa shape index (κ1) is 39.4. The number of esters is 2. The lowest BCUT2D eigenvalue weighted by Crippen LogP contribution is -2.59. The van der Waals surface area contributed by atoms with Crippen LogP contribution in [0.25, 0.3) is 0 Å². The highest BCUT2D eigenvalue weighted by atomic mass is 19.4. The van der Waals surface area contributed by atoms with E-state index >= 15 is 0 Å². The number of rotatable bonds is 25. The zero-order chi connectivity index (χ0) is 31.6. The maximum Gasteiger partial charge on any atom is 0.381 e. The molecule has 0 unspecified atom stereocenters. The Balaban J connectivity index is 4.42. The van der Waals surface area contributed by atoms with E-state index in [1.807, 2.05) is 0 Å². The summed E-state index contributed by atoms with van der Waals surface area (Å²) in [6, 6.07) is 0. The molecule has 0 amide bonds. The number of hydrogen-bond acceptors (Lipinski definition) is 4. The van der Waals surface area contributed by atoms with Crippen molar-refractivity contribution in [3.05, 3.63) is 0 Å². The molecule has 4 nitrogen and oxygen atoms in total. The first-order valence-corrected chi connectivity index (χ1v) is 14.9. The van der Waals surface area contributed by atoms with Gasteiger partial charge in [0.1, 0.15) is 0 Å². The predicted octanol–water partition coefficient (Wildman–Crippen LogP) is 9.92.